The molecule has 2 rings (SSSR count). The van der Waals surface area contributed by atoms with Crippen molar-refractivity contribution in [3.63, 3.8) is 0 Å². The van der Waals surface area contributed by atoms with Gasteiger partial charge in [-0.15, -0.1) is 12.4 Å². The molecule has 1 unspecified atom stereocenters. The molecule has 0 aliphatic carbocycles. The molecular weight excluding hydrogens is 328 g/mol. The van der Waals surface area contributed by atoms with E-state index in [2.05, 4.69) is 15.9 Å². The average molecular weight is 348 g/mol. The van der Waals surface area contributed by atoms with Crippen LogP contribution in [0.4, 0.5) is 0 Å². The Kier molecular flexibility index (Phi) is 6.30. The first-order chi connectivity index (χ1) is 8.61. The summed E-state index contributed by atoms with van der Waals surface area (Å²) in [5, 5.41) is 0. The smallest absolute Gasteiger partial charge is 0.255 e. The van der Waals surface area contributed by atoms with Crippen molar-refractivity contribution < 1.29 is 4.79 Å². The summed E-state index contributed by atoms with van der Waals surface area (Å²) in [5.41, 5.74) is 7.61. The molecule has 0 aromatic heterocycles. The van der Waals surface area contributed by atoms with Gasteiger partial charge in [0.15, 0.2) is 0 Å². The first-order valence-electron chi connectivity index (χ1n) is 6.37. The molecule has 106 valence electrons. The Hall–Kier alpha value is -0.580. The van der Waals surface area contributed by atoms with Crippen molar-refractivity contribution in [1.82, 2.24) is 4.90 Å². The zero-order valence-corrected chi connectivity index (χ0v) is 13.5. The zero-order valence-electron chi connectivity index (χ0n) is 11.1. The van der Waals surface area contributed by atoms with Crippen LogP contribution in [0, 0.1) is 12.8 Å². The molecule has 1 heterocycles. The lowest BCUT2D eigenvalue weighted by Gasteiger charge is -2.32. The molecule has 1 aromatic carbocycles. The predicted molar refractivity (Wildman–Crippen MR) is 83.8 cm³/mol. The van der Waals surface area contributed by atoms with Gasteiger partial charge in [-0.2, -0.15) is 0 Å². The molecule has 1 amide bonds. The minimum absolute atomic E-state index is 0. The van der Waals surface area contributed by atoms with Gasteiger partial charge in [-0.3, -0.25) is 4.79 Å². The number of carbonyl (C=O) groups excluding carboxylic acids is 1. The Balaban J connectivity index is 0.00000180. The van der Waals surface area contributed by atoms with Crippen molar-refractivity contribution in [3.8, 4) is 0 Å². The fraction of sp³-hybridized carbons (Fsp3) is 0.500. The minimum atomic E-state index is 0. The van der Waals surface area contributed by atoms with Crippen molar-refractivity contribution >= 4 is 34.2 Å². The molecule has 19 heavy (non-hydrogen) atoms. The fourth-order valence-electron chi connectivity index (χ4n) is 2.41. The van der Waals surface area contributed by atoms with Gasteiger partial charge in [-0.05, 0) is 65.9 Å². The van der Waals surface area contributed by atoms with E-state index in [0.29, 0.717) is 12.5 Å². The number of halogens is 2. The normalized spacial score (nSPS) is 18.9. The van der Waals surface area contributed by atoms with Crippen LogP contribution in [0.5, 0.6) is 0 Å². The van der Waals surface area contributed by atoms with Crippen molar-refractivity contribution in [2.24, 2.45) is 11.7 Å². The third-order valence-electron chi connectivity index (χ3n) is 3.49. The summed E-state index contributed by atoms with van der Waals surface area (Å²) in [6.07, 6.45) is 2.19. The summed E-state index contributed by atoms with van der Waals surface area (Å²) in [4.78, 5) is 14.4. The molecule has 1 saturated heterocycles. The Morgan fingerprint density at radius 3 is 2.89 bits per heavy atom. The van der Waals surface area contributed by atoms with Crippen molar-refractivity contribution in [3.05, 3.63) is 33.8 Å². The van der Waals surface area contributed by atoms with E-state index in [4.69, 9.17) is 5.73 Å². The van der Waals surface area contributed by atoms with E-state index in [0.717, 1.165) is 41.5 Å². The second-order valence-corrected chi connectivity index (χ2v) is 5.83. The van der Waals surface area contributed by atoms with Crippen LogP contribution in [0.1, 0.15) is 28.8 Å². The SMILES string of the molecule is Cc1ccc(C(=O)N2CCCC(CN)C2)c(Br)c1.Cl. The molecular formula is C14H20BrClN2O. The topological polar surface area (TPSA) is 46.3 Å². The lowest BCUT2D eigenvalue weighted by Crippen LogP contribution is -2.42. The van der Waals surface area contributed by atoms with Gasteiger partial charge in [0, 0.05) is 17.6 Å². The van der Waals surface area contributed by atoms with Crippen LogP contribution in [0.2, 0.25) is 0 Å². The molecule has 3 nitrogen and oxygen atoms in total. The first kappa shape index (κ1) is 16.5. The first-order valence-corrected chi connectivity index (χ1v) is 7.16. The van der Waals surface area contributed by atoms with Crippen LogP contribution in [0.3, 0.4) is 0 Å². The van der Waals surface area contributed by atoms with Crippen LogP contribution in [0.25, 0.3) is 0 Å². The number of likely N-dealkylation sites (tertiary alicyclic amines) is 1. The van der Waals surface area contributed by atoms with E-state index in [9.17, 15) is 4.79 Å². The Bertz CT molecular complexity index is 453. The van der Waals surface area contributed by atoms with E-state index in [1.807, 2.05) is 30.0 Å². The maximum Gasteiger partial charge on any atom is 0.255 e. The number of carbonyl (C=O) groups is 1. The van der Waals surface area contributed by atoms with Gasteiger partial charge in [0.1, 0.15) is 0 Å². The second kappa shape index (κ2) is 7.27. The number of piperidine rings is 1. The molecule has 0 radical (unpaired) electrons. The van der Waals surface area contributed by atoms with E-state index in [1.54, 1.807) is 0 Å². The molecule has 0 saturated carbocycles. The molecule has 5 heteroatoms. The van der Waals surface area contributed by atoms with Gasteiger partial charge < -0.3 is 10.6 Å². The minimum Gasteiger partial charge on any atom is -0.338 e. The fourth-order valence-corrected chi connectivity index (χ4v) is 3.07. The summed E-state index contributed by atoms with van der Waals surface area (Å²) in [6, 6.07) is 5.85. The van der Waals surface area contributed by atoms with Crippen LogP contribution >= 0.6 is 28.3 Å². The average Bonchev–Trinajstić information content (AvgIpc) is 2.38. The maximum absolute atomic E-state index is 12.4. The van der Waals surface area contributed by atoms with Gasteiger partial charge >= 0.3 is 0 Å². The van der Waals surface area contributed by atoms with E-state index in [-0.39, 0.29) is 18.3 Å². The Labute approximate surface area is 129 Å². The number of aryl methyl sites for hydroxylation is 1. The highest BCUT2D eigenvalue weighted by Crippen LogP contribution is 2.23. The second-order valence-electron chi connectivity index (χ2n) is 4.98. The third-order valence-corrected chi connectivity index (χ3v) is 4.15. The van der Waals surface area contributed by atoms with Crippen LogP contribution < -0.4 is 5.73 Å². The molecule has 1 aliphatic rings. The molecule has 1 fully saturated rings. The highest BCUT2D eigenvalue weighted by molar-refractivity contribution is 9.10. The monoisotopic (exact) mass is 346 g/mol. The number of benzene rings is 1. The molecule has 0 bridgehead atoms. The molecule has 1 aromatic rings. The summed E-state index contributed by atoms with van der Waals surface area (Å²) in [5.74, 6) is 0.562. The molecule has 1 atom stereocenters. The molecule has 0 spiro atoms. The van der Waals surface area contributed by atoms with Gasteiger partial charge in [-0.25, -0.2) is 0 Å². The van der Waals surface area contributed by atoms with E-state index >= 15 is 0 Å². The predicted octanol–water partition coefficient (Wildman–Crippen LogP) is 2.99. The van der Waals surface area contributed by atoms with E-state index in [1.165, 1.54) is 0 Å². The van der Waals surface area contributed by atoms with Crippen molar-refractivity contribution in [2.75, 3.05) is 19.6 Å². The zero-order chi connectivity index (χ0) is 13.1. The summed E-state index contributed by atoms with van der Waals surface area (Å²) in [7, 11) is 0. The van der Waals surface area contributed by atoms with Crippen LogP contribution in [-0.4, -0.2) is 30.4 Å². The lowest BCUT2D eigenvalue weighted by atomic mass is 9.97. The van der Waals surface area contributed by atoms with Gasteiger partial charge in [-0.1, -0.05) is 6.07 Å². The Morgan fingerprint density at radius 2 is 2.26 bits per heavy atom. The number of amides is 1. The van der Waals surface area contributed by atoms with Crippen molar-refractivity contribution in [1.29, 1.82) is 0 Å². The third kappa shape index (κ3) is 3.94. The van der Waals surface area contributed by atoms with E-state index < -0.39 is 0 Å². The van der Waals surface area contributed by atoms with Gasteiger partial charge in [0.05, 0.1) is 5.56 Å². The number of nitrogens with zero attached hydrogens (tertiary/aromatic N) is 1. The highest BCUT2D eigenvalue weighted by Gasteiger charge is 2.24. The lowest BCUT2D eigenvalue weighted by molar-refractivity contribution is 0.0677. The highest BCUT2D eigenvalue weighted by atomic mass is 79.9. The maximum atomic E-state index is 12.4. The van der Waals surface area contributed by atoms with Crippen LogP contribution in [0.15, 0.2) is 22.7 Å². The Morgan fingerprint density at radius 1 is 1.53 bits per heavy atom. The van der Waals surface area contributed by atoms with Gasteiger partial charge in [0.2, 0.25) is 0 Å². The number of rotatable bonds is 2. The number of nitrogens with two attached hydrogens (primary N) is 1. The molecule has 1 aliphatic heterocycles. The summed E-state index contributed by atoms with van der Waals surface area (Å²) in [6.45, 7) is 4.31. The van der Waals surface area contributed by atoms with Crippen LogP contribution in [-0.2, 0) is 0 Å². The quantitative estimate of drug-likeness (QED) is 0.894. The van der Waals surface area contributed by atoms with Gasteiger partial charge in [0.25, 0.3) is 5.91 Å². The largest absolute Gasteiger partial charge is 0.338 e. The molecule has 2 N–H and O–H groups in total. The number of hydrogen-bond acceptors (Lipinski definition) is 2. The van der Waals surface area contributed by atoms with Crippen molar-refractivity contribution in [2.45, 2.75) is 19.8 Å². The standard InChI is InChI=1S/C14H19BrN2O.ClH/c1-10-4-5-12(13(15)7-10)14(18)17-6-2-3-11(8-16)9-17;/h4-5,7,11H,2-3,6,8-9,16H2,1H3;1H. The number of hydrogen-bond donors (Lipinski definition) is 1. The summed E-state index contributed by atoms with van der Waals surface area (Å²) >= 11 is 3.47. The summed E-state index contributed by atoms with van der Waals surface area (Å²) < 4.78 is 0.877.